The van der Waals surface area contributed by atoms with Gasteiger partial charge in [-0.15, -0.1) is 0 Å². The number of aliphatic imine (C=N–C) groups is 1. The minimum atomic E-state index is 0.516. The van der Waals surface area contributed by atoms with E-state index in [-0.39, 0.29) is 0 Å². The molecule has 4 heterocycles. The van der Waals surface area contributed by atoms with E-state index < -0.39 is 0 Å². The minimum absolute atomic E-state index is 0.516. The molecule has 136 valence electrons. The summed E-state index contributed by atoms with van der Waals surface area (Å²) in [5.74, 6) is 2.54. The highest BCUT2D eigenvalue weighted by Crippen LogP contribution is 2.47. The number of rotatable bonds is 5. The van der Waals surface area contributed by atoms with Crippen LogP contribution < -0.4 is 5.32 Å². The molecule has 5 unspecified atom stereocenters. The van der Waals surface area contributed by atoms with Gasteiger partial charge >= 0.3 is 0 Å². The predicted octanol–water partition coefficient (Wildman–Crippen LogP) is 0.782. The van der Waals surface area contributed by atoms with Crippen molar-refractivity contribution in [1.82, 2.24) is 15.1 Å². The molecule has 24 heavy (non-hydrogen) atoms. The Morgan fingerprint density at radius 2 is 1.96 bits per heavy atom. The van der Waals surface area contributed by atoms with E-state index in [0.29, 0.717) is 18.2 Å². The summed E-state index contributed by atoms with van der Waals surface area (Å²) < 4.78 is 11.3. The zero-order chi connectivity index (χ0) is 16.5. The Balaban J connectivity index is 1.29. The first-order valence-electron chi connectivity index (χ1n) is 9.64. The average Bonchev–Trinajstić information content (AvgIpc) is 3.35. The molecule has 4 fully saturated rings. The quantitative estimate of drug-likeness (QED) is 0.594. The number of nitrogens with zero attached hydrogens (tertiary/aromatic N) is 3. The van der Waals surface area contributed by atoms with Crippen LogP contribution in [0.25, 0.3) is 0 Å². The largest absolute Gasteiger partial charge is 0.383 e. The first-order valence-corrected chi connectivity index (χ1v) is 9.64. The fraction of sp³-hybridized carbons (Fsp3) is 0.944. The molecule has 0 spiro atoms. The lowest BCUT2D eigenvalue weighted by Gasteiger charge is -2.28. The maximum absolute atomic E-state index is 6.09. The van der Waals surface area contributed by atoms with Crippen LogP contribution in [-0.4, -0.2) is 87.5 Å². The molecule has 4 rings (SSSR count). The second-order valence-corrected chi connectivity index (χ2v) is 7.78. The smallest absolute Gasteiger partial charge is 0.193 e. The first kappa shape index (κ1) is 16.6. The molecule has 0 aromatic carbocycles. The normalized spacial score (nSPS) is 39.0. The van der Waals surface area contributed by atoms with Crippen LogP contribution in [0.5, 0.6) is 0 Å². The Labute approximate surface area is 145 Å². The Bertz CT molecular complexity index is 454. The van der Waals surface area contributed by atoms with E-state index in [1.54, 1.807) is 7.11 Å². The standard InChI is InChI=1S/C18H32N4O2/c1-19-18(20-10-13-4-3-7-21(13)8-9-23-2)22-11-14-15(12-22)17-6-5-16(14)24-17/h13-17H,3-12H2,1-2H3,(H,19,20). The summed E-state index contributed by atoms with van der Waals surface area (Å²) in [6.45, 7) is 6.28. The first-order chi connectivity index (χ1) is 11.8. The summed E-state index contributed by atoms with van der Waals surface area (Å²) in [6.07, 6.45) is 6.13. The highest BCUT2D eigenvalue weighted by Gasteiger charge is 2.53. The molecule has 4 saturated heterocycles. The second-order valence-electron chi connectivity index (χ2n) is 7.78. The molecule has 6 heteroatoms. The van der Waals surface area contributed by atoms with Crippen LogP contribution >= 0.6 is 0 Å². The summed E-state index contributed by atoms with van der Waals surface area (Å²) in [5, 5.41) is 3.65. The Morgan fingerprint density at radius 3 is 2.62 bits per heavy atom. The summed E-state index contributed by atoms with van der Waals surface area (Å²) >= 11 is 0. The van der Waals surface area contributed by atoms with Gasteiger partial charge in [-0.3, -0.25) is 9.89 Å². The Kier molecular flexibility index (Phi) is 4.97. The van der Waals surface area contributed by atoms with Gasteiger partial charge in [-0.25, -0.2) is 0 Å². The lowest BCUT2D eigenvalue weighted by molar-refractivity contribution is 0.0766. The van der Waals surface area contributed by atoms with Crippen LogP contribution in [-0.2, 0) is 9.47 Å². The highest BCUT2D eigenvalue weighted by molar-refractivity contribution is 5.80. The molecule has 1 N–H and O–H groups in total. The molecule has 6 nitrogen and oxygen atoms in total. The molecule has 0 aliphatic carbocycles. The van der Waals surface area contributed by atoms with Gasteiger partial charge in [-0.1, -0.05) is 0 Å². The average molecular weight is 336 g/mol. The number of ether oxygens (including phenoxy) is 2. The molecule has 0 radical (unpaired) electrons. The van der Waals surface area contributed by atoms with Crippen LogP contribution in [0.2, 0.25) is 0 Å². The van der Waals surface area contributed by atoms with E-state index in [9.17, 15) is 0 Å². The molecule has 0 amide bonds. The van der Waals surface area contributed by atoms with Crippen molar-refractivity contribution in [2.24, 2.45) is 16.8 Å². The van der Waals surface area contributed by atoms with Crippen molar-refractivity contribution >= 4 is 5.96 Å². The van der Waals surface area contributed by atoms with Gasteiger partial charge in [0.25, 0.3) is 0 Å². The van der Waals surface area contributed by atoms with Gasteiger partial charge in [0.05, 0.1) is 18.8 Å². The van der Waals surface area contributed by atoms with Crippen LogP contribution in [0.15, 0.2) is 4.99 Å². The van der Waals surface area contributed by atoms with E-state index in [4.69, 9.17) is 9.47 Å². The number of hydrogen-bond donors (Lipinski definition) is 1. The van der Waals surface area contributed by atoms with Crippen LogP contribution in [0, 0.1) is 11.8 Å². The zero-order valence-corrected chi connectivity index (χ0v) is 15.1. The van der Waals surface area contributed by atoms with Crippen LogP contribution in [0.4, 0.5) is 0 Å². The summed E-state index contributed by atoms with van der Waals surface area (Å²) in [4.78, 5) is 9.59. The Hall–Kier alpha value is -0.850. The van der Waals surface area contributed by atoms with Crippen molar-refractivity contribution in [1.29, 1.82) is 0 Å². The summed E-state index contributed by atoms with van der Waals surface area (Å²) in [7, 11) is 3.70. The van der Waals surface area contributed by atoms with E-state index in [2.05, 4.69) is 20.1 Å². The van der Waals surface area contributed by atoms with Crippen molar-refractivity contribution in [2.45, 2.75) is 43.9 Å². The number of fused-ring (bicyclic) bond motifs is 5. The third-order valence-corrected chi connectivity index (χ3v) is 6.54. The number of hydrogen-bond acceptors (Lipinski definition) is 4. The third kappa shape index (κ3) is 3.04. The van der Waals surface area contributed by atoms with E-state index in [1.165, 1.54) is 32.2 Å². The molecule has 0 saturated carbocycles. The molecule has 5 atom stereocenters. The topological polar surface area (TPSA) is 49.3 Å². The molecule has 2 bridgehead atoms. The molecular weight excluding hydrogens is 304 g/mol. The second kappa shape index (κ2) is 7.18. The SMILES string of the molecule is CN=C(NCC1CCCN1CCOC)N1CC2C3CCC(O3)C2C1. The van der Waals surface area contributed by atoms with Gasteiger partial charge in [0, 0.05) is 58.2 Å². The number of nitrogens with one attached hydrogen (secondary N) is 1. The van der Waals surface area contributed by atoms with Gasteiger partial charge in [-0.05, 0) is 32.2 Å². The number of guanidine groups is 1. The molecule has 0 aromatic heterocycles. The monoisotopic (exact) mass is 336 g/mol. The molecule has 4 aliphatic rings. The minimum Gasteiger partial charge on any atom is -0.383 e. The molecular formula is C18H32N4O2. The summed E-state index contributed by atoms with van der Waals surface area (Å²) in [6, 6.07) is 0.610. The maximum Gasteiger partial charge on any atom is 0.193 e. The lowest BCUT2D eigenvalue weighted by atomic mass is 9.82. The van der Waals surface area contributed by atoms with Crippen molar-refractivity contribution in [3.05, 3.63) is 0 Å². The van der Waals surface area contributed by atoms with E-state index in [1.807, 2.05) is 7.05 Å². The van der Waals surface area contributed by atoms with Gasteiger partial charge in [0.15, 0.2) is 5.96 Å². The van der Waals surface area contributed by atoms with E-state index >= 15 is 0 Å². The van der Waals surface area contributed by atoms with Gasteiger partial charge in [0.1, 0.15) is 0 Å². The number of likely N-dealkylation sites (tertiary alicyclic amines) is 2. The van der Waals surface area contributed by atoms with Crippen molar-refractivity contribution in [3.8, 4) is 0 Å². The third-order valence-electron chi connectivity index (χ3n) is 6.54. The predicted molar refractivity (Wildman–Crippen MR) is 94.3 cm³/mol. The van der Waals surface area contributed by atoms with Crippen molar-refractivity contribution in [2.75, 3.05) is 53.5 Å². The van der Waals surface area contributed by atoms with Crippen molar-refractivity contribution < 1.29 is 9.47 Å². The lowest BCUT2D eigenvalue weighted by Crippen LogP contribution is -2.47. The Morgan fingerprint density at radius 1 is 1.21 bits per heavy atom. The fourth-order valence-corrected chi connectivity index (χ4v) is 5.30. The summed E-state index contributed by atoms with van der Waals surface area (Å²) in [5.41, 5.74) is 0. The van der Waals surface area contributed by atoms with Crippen LogP contribution in [0.1, 0.15) is 25.7 Å². The molecule has 4 aliphatic heterocycles. The fourth-order valence-electron chi connectivity index (χ4n) is 5.30. The van der Waals surface area contributed by atoms with Crippen molar-refractivity contribution in [3.63, 3.8) is 0 Å². The van der Waals surface area contributed by atoms with Gasteiger partial charge in [0.2, 0.25) is 0 Å². The van der Waals surface area contributed by atoms with Gasteiger partial charge in [-0.2, -0.15) is 0 Å². The van der Waals surface area contributed by atoms with Crippen LogP contribution in [0.3, 0.4) is 0 Å². The molecule has 0 aromatic rings. The highest BCUT2D eigenvalue weighted by atomic mass is 16.5. The maximum atomic E-state index is 6.09. The van der Waals surface area contributed by atoms with E-state index in [0.717, 1.165) is 50.6 Å². The number of methoxy groups -OCH3 is 1. The zero-order valence-electron chi connectivity index (χ0n) is 15.1. The van der Waals surface area contributed by atoms with Gasteiger partial charge < -0.3 is 19.7 Å².